The van der Waals surface area contributed by atoms with Crippen molar-refractivity contribution in [2.45, 2.75) is 25.4 Å². The fourth-order valence-corrected chi connectivity index (χ4v) is 3.61. The van der Waals surface area contributed by atoms with Crippen LogP contribution in [0.25, 0.3) is 11.0 Å². The molecule has 0 aliphatic rings. The Morgan fingerprint density at radius 2 is 1.78 bits per heavy atom. The molecule has 2 amide bonds. The van der Waals surface area contributed by atoms with E-state index in [0.717, 1.165) is 16.4 Å². The maximum atomic E-state index is 13.5. The van der Waals surface area contributed by atoms with Gasteiger partial charge in [0.25, 0.3) is 0 Å². The average molecular weight is 504 g/mol. The van der Waals surface area contributed by atoms with E-state index < -0.39 is 35.7 Å². The number of benzene rings is 2. The van der Waals surface area contributed by atoms with Crippen molar-refractivity contribution in [2.75, 3.05) is 17.3 Å². The number of halogens is 5. The largest absolute Gasteiger partial charge is 0.457 e. The van der Waals surface area contributed by atoms with E-state index >= 15 is 0 Å². The Balaban J connectivity index is 1.47. The highest BCUT2D eigenvalue weighted by atomic mass is 19.4. The number of ether oxygens (including phenoxy) is 1. The van der Waals surface area contributed by atoms with Crippen LogP contribution in [0.1, 0.15) is 18.1 Å². The molecule has 0 spiro atoms. The van der Waals surface area contributed by atoms with Crippen molar-refractivity contribution in [3.63, 3.8) is 0 Å². The number of anilines is 2. The number of carbonyl (C=O) groups is 1. The smallest absolute Gasteiger partial charge is 0.416 e. The molecule has 2 heterocycles. The summed E-state index contributed by atoms with van der Waals surface area (Å²) >= 11 is 0. The van der Waals surface area contributed by atoms with Gasteiger partial charge in [0.05, 0.1) is 10.9 Å². The lowest BCUT2D eigenvalue weighted by Gasteiger charge is -2.22. The molecule has 4 rings (SSSR count). The summed E-state index contributed by atoms with van der Waals surface area (Å²) in [5.74, 6) is -2.23. The minimum atomic E-state index is -4.86. The van der Waals surface area contributed by atoms with E-state index in [1.165, 1.54) is 13.1 Å². The van der Waals surface area contributed by atoms with E-state index in [1.807, 2.05) is 6.07 Å². The molecule has 4 aromatic rings. The molecule has 0 radical (unpaired) electrons. The minimum absolute atomic E-state index is 0.101. The van der Waals surface area contributed by atoms with E-state index in [4.69, 9.17) is 4.74 Å². The standard InChI is InChI=1S/C25H21F5N4O2/c1-24(26,27)14-15-3-6-17(13-20(15)25(28,29)30)34(2)23(35)33-16-4-7-18(8-5-16)36-21-10-12-32-22-19(21)9-11-31-22/h3-13H,14H2,1-2H3,(H,31,32)(H,33,35). The van der Waals surface area contributed by atoms with Crippen LogP contribution in [0.5, 0.6) is 11.5 Å². The van der Waals surface area contributed by atoms with Crippen LogP contribution in [0.3, 0.4) is 0 Å². The van der Waals surface area contributed by atoms with Gasteiger partial charge in [-0.15, -0.1) is 0 Å². The Morgan fingerprint density at radius 1 is 1.06 bits per heavy atom. The van der Waals surface area contributed by atoms with E-state index in [9.17, 15) is 26.7 Å². The van der Waals surface area contributed by atoms with Crippen LogP contribution in [0.2, 0.25) is 0 Å². The third-order valence-corrected chi connectivity index (χ3v) is 5.35. The lowest BCUT2D eigenvalue weighted by Crippen LogP contribution is -2.31. The number of hydrogen-bond donors (Lipinski definition) is 2. The van der Waals surface area contributed by atoms with Crippen LogP contribution in [0, 0.1) is 0 Å². The first-order valence-electron chi connectivity index (χ1n) is 10.7. The Kier molecular flexibility index (Phi) is 6.57. The Bertz CT molecular complexity index is 1380. The van der Waals surface area contributed by atoms with Crippen molar-refractivity contribution >= 4 is 28.4 Å². The summed E-state index contributed by atoms with van der Waals surface area (Å²) in [6.45, 7) is 0.550. The van der Waals surface area contributed by atoms with Crippen molar-refractivity contribution in [3.05, 3.63) is 78.1 Å². The number of nitrogens with zero attached hydrogens (tertiary/aromatic N) is 2. The van der Waals surface area contributed by atoms with E-state index in [2.05, 4.69) is 15.3 Å². The molecule has 0 aliphatic heterocycles. The van der Waals surface area contributed by atoms with Gasteiger partial charge in [-0.3, -0.25) is 4.90 Å². The Hall–Kier alpha value is -4.15. The minimum Gasteiger partial charge on any atom is -0.457 e. The van der Waals surface area contributed by atoms with Crippen molar-refractivity contribution in [1.29, 1.82) is 0 Å². The highest BCUT2D eigenvalue weighted by Gasteiger charge is 2.36. The second-order valence-electron chi connectivity index (χ2n) is 8.25. The van der Waals surface area contributed by atoms with Gasteiger partial charge < -0.3 is 15.0 Å². The molecule has 0 atom stereocenters. The number of alkyl halides is 5. The topological polar surface area (TPSA) is 70.2 Å². The van der Waals surface area contributed by atoms with E-state index in [1.54, 1.807) is 42.7 Å². The zero-order valence-electron chi connectivity index (χ0n) is 19.2. The lowest BCUT2D eigenvalue weighted by molar-refractivity contribution is -0.138. The molecule has 6 nitrogen and oxygen atoms in total. The fraction of sp³-hybridized carbons (Fsp3) is 0.200. The molecule has 0 saturated carbocycles. The molecule has 0 aliphatic carbocycles. The first-order chi connectivity index (χ1) is 16.9. The summed E-state index contributed by atoms with van der Waals surface area (Å²) < 4.78 is 73.1. The molecule has 0 bridgehead atoms. The maximum absolute atomic E-state index is 13.5. The third kappa shape index (κ3) is 5.73. The quantitative estimate of drug-likeness (QED) is 0.272. The molecule has 0 unspecified atom stereocenters. The maximum Gasteiger partial charge on any atom is 0.416 e. The summed E-state index contributed by atoms with van der Waals surface area (Å²) in [5, 5.41) is 3.38. The van der Waals surface area contributed by atoms with Gasteiger partial charge in [-0.1, -0.05) is 6.07 Å². The zero-order valence-corrected chi connectivity index (χ0v) is 19.2. The Labute approximate surface area is 202 Å². The summed E-state index contributed by atoms with van der Waals surface area (Å²) in [6, 6.07) is 12.1. The number of urea groups is 1. The van der Waals surface area contributed by atoms with Gasteiger partial charge in [0.2, 0.25) is 5.92 Å². The molecule has 36 heavy (non-hydrogen) atoms. The van der Waals surface area contributed by atoms with E-state index in [-0.39, 0.29) is 5.69 Å². The number of aromatic nitrogens is 2. The van der Waals surface area contributed by atoms with Gasteiger partial charge in [0, 0.05) is 37.2 Å². The van der Waals surface area contributed by atoms with Gasteiger partial charge >= 0.3 is 12.2 Å². The molecular weight excluding hydrogens is 483 g/mol. The van der Waals surface area contributed by atoms with Gasteiger partial charge in [-0.2, -0.15) is 13.2 Å². The predicted octanol–water partition coefficient (Wildman–Crippen LogP) is 7.24. The lowest BCUT2D eigenvalue weighted by atomic mass is 10.00. The number of pyridine rings is 1. The summed E-state index contributed by atoms with van der Waals surface area (Å²) in [7, 11) is 1.28. The van der Waals surface area contributed by atoms with Gasteiger partial charge in [-0.25, -0.2) is 18.6 Å². The number of H-pyrrole nitrogens is 1. The van der Waals surface area contributed by atoms with Crippen LogP contribution < -0.4 is 15.0 Å². The second-order valence-corrected chi connectivity index (χ2v) is 8.25. The summed E-state index contributed by atoms with van der Waals surface area (Å²) in [5.41, 5.74) is -0.815. The molecule has 2 aromatic carbocycles. The molecule has 188 valence electrons. The normalized spacial score (nSPS) is 12.0. The second kappa shape index (κ2) is 9.48. The number of aromatic amines is 1. The first kappa shape index (κ1) is 25.0. The predicted molar refractivity (Wildman–Crippen MR) is 126 cm³/mol. The van der Waals surface area contributed by atoms with Crippen LogP contribution in [0.4, 0.5) is 38.1 Å². The molecular formula is C25H21F5N4O2. The molecule has 0 fully saturated rings. The number of nitrogens with one attached hydrogen (secondary N) is 2. The molecule has 2 N–H and O–H groups in total. The van der Waals surface area contributed by atoms with Crippen molar-refractivity contribution < 1.29 is 31.5 Å². The first-order valence-corrected chi connectivity index (χ1v) is 10.7. The molecule has 2 aromatic heterocycles. The number of amides is 2. The van der Waals surface area contributed by atoms with Gasteiger partial charge in [0.15, 0.2) is 0 Å². The summed E-state index contributed by atoms with van der Waals surface area (Å²) in [4.78, 5) is 20.8. The number of rotatable bonds is 6. The highest BCUT2D eigenvalue weighted by molar-refractivity contribution is 6.01. The van der Waals surface area contributed by atoms with Crippen molar-refractivity contribution in [3.8, 4) is 11.5 Å². The van der Waals surface area contributed by atoms with Crippen LogP contribution in [0.15, 0.2) is 67.0 Å². The van der Waals surface area contributed by atoms with Crippen LogP contribution in [-0.2, 0) is 12.6 Å². The number of fused-ring (bicyclic) bond motifs is 1. The highest BCUT2D eigenvalue weighted by Crippen LogP contribution is 2.37. The van der Waals surface area contributed by atoms with Crippen molar-refractivity contribution in [2.24, 2.45) is 0 Å². The summed E-state index contributed by atoms with van der Waals surface area (Å²) in [6.07, 6.45) is -2.58. The van der Waals surface area contributed by atoms with Crippen molar-refractivity contribution in [1.82, 2.24) is 9.97 Å². The SMILES string of the molecule is CN(C(=O)Nc1ccc(Oc2ccnc3[nH]ccc23)cc1)c1ccc(CC(C)(F)F)c(C(F)(F)F)c1. The Morgan fingerprint density at radius 3 is 2.44 bits per heavy atom. The molecule has 0 saturated heterocycles. The van der Waals surface area contributed by atoms with Crippen LogP contribution >= 0.6 is 0 Å². The van der Waals surface area contributed by atoms with Gasteiger partial charge in [0.1, 0.15) is 17.1 Å². The van der Waals surface area contributed by atoms with Gasteiger partial charge in [-0.05, 0) is 61.0 Å². The fourth-order valence-electron chi connectivity index (χ4n) is 3.61. The monoisotopic (exact) mass is 504 g/mol. The van der Waals surface area contributed by atoms with E-state index in [0.29, 0.717) is 35.8 Å². The molecule has 11 heteroatoms. The number of carbonyl (C=O) groups excluding carboxylic acids is 1. The average Bonchev–Trinajstić information content (AvgIpc) is 3.28. The number of hydrogen-bond acceptors (Lipinski definition) is 3. The van der Waals surface area contributed by atoms with Crippen LogP contribution in [-0.4, -0.2) is 29.0 Å². The zero-order chi connectivity index (χ0) is 26.1. The third-order valence-electron chi connectivity index (χ3n) is 5.35.